The van der Waals surface area contributed by atoms with Crippen molar-refractivity contribution >= 4 is 21.5 Å². The summed E-state index contributed by atoms with van der Waals surface area (Å²) in [5, 5.41) is 0. The topological polar surface area (TPSA) is 75.9 Å². The predicted octanol–water partition coefficient (Wildman–Crippen LogP) is 3.87. The molecule has 0 unspecified atom stereocenters. The maximum atomic E-state index is 11.9. The Balaban J connectivity index is 1.41. The highest BCUT2D eigenvalue weighted by atomic mass is 32.2. The highest BCUT2D eigenvalue weighted by Gasteiger charge is 2.37. The number of rotatable bonds is 7. The zero-order chi connectivity index (χ0) is 22.6. The Morgan fingerprint density at radius 2 is 1.91 bits per heavy atom. The van der Waals surface area contributed by atoms with Gasteiger partial charge >= 0.3 is 0 Å². The van der Waals surface area contributed by atoms with Crippen molar-refractivity contribution in [2.45, 2.75) is 56.2 Å². The van der Waals surface area contributed by atoms with Crippen molar-refractivity contribution in [3.8, 4) is 0 Å². The molecule has 0 amide bonds. The normalized spacial score (nSPS) is 26.1. The second-order valence-electron chi connectivity index (χ2n) is 8.75. The van der Waals surface area contributed by atoms with Crippen LogP contribution in [0.1, 0.15) is 43.6 Å². The maximum absolute atomic E-state index is 11.9. The van der Waals surface area contributed by atoms with Crippen LogP contribution in [0.25, 0.3) is 4.85 Å². The Labute approximate surface area is 190 Å². The molecule has 2 fully saturated rings. The van der Waals surface area contributed by atoms with Crippen LogP contribution in [0.15, 0.2) is 48.7 Å². The molecule has 1 saturated heterocycles. The number of hydrogen-bond donors (Lipinski definition) is 1. The molecule has 170 valence electrons. The van der Waals surface area contributed by atoms with E-state index in [0.717, 1.165) is 25.7 Å². The van der Waals surface area contributed by atoms with Crippen LogP contribution in [0.5, 0.6) is 0 Å². The van der Waals surface area contributed by atoms with Gasteiger partial charge in [0.25, 0.3) is 0 Å². The fourth-order valence-corrected chi connectivity index (χ4v) is 5.74. The number of nitrogens with zero attached hydrogens (tertiary/aromatic N) is 3. The van der Waals surface area contributed by atoms with E-state index < -0.39 is 10.0 Å². The smallest absolute Gasteiger partial charge is 0.209 e. The molecule has 4 rings (SSSR count). The second-order valence-corrected chi connectivity index (χ2v) is 10.5. The van der Waals surface area contributed by atoms with E-state index in [4.69, 9.17) is 11.3 Å². The molecular formula is C24H30N4O3S. The summed E-state index contributed by atoms with van der Waals surface area (Å²) in [6.45, 7) is 8.37. The molecule has 1 aromatic heterocycles. The molecule has 0 spiro atoms. The zero-order valence-electron chi connectivity index (χ0n) is 18.4. The van der Waals surface area contributed by atoms with Crippen LogP contribution in [-0.2, 0) is 14.8 Å². The molecule has 2 aromatic rings. The fourth-order valence-electron chi connectivity index (χ4n) is 4.91. The maximum Gasteiger partial charge on any atom is 0.209 e. The van der Waals surface area contributed by atoms with Gasteiger partial charge in [0.15, 0.2) is 5.69 Å². The van der Waals surface area contributed by atoms with E-state index >= 15 is 0 Å². The lowest BCUT2D eigenvalue weighted by molar-refractivity contribution is 0.0156. The number of ether oxygens (including phenoxy) is 1. The van der Waals surface area contributed by atoms with Gasteiger partial charge in [0.2, 0.25) is 10.0 Å². The summed E-state index contributed by atoms with van der Waals surface area (Å²) < 4.78 is 33.0. The van der Waals surface area contributed by atoms with Crippen LogP contribution in [0.2, 0.25) is 0 Å². The number of pyridine rings is 1. The molecule has 32 heavy (non-hydrogen) atoms. The molecule has 1 N–H and O–H groups in total. The van der Waals surface area contributed by atoms with Gasteiger partial charge in [0, 0.05) is 18.8 Å². The van der Waals surface area contributed by atoms with Crippen LogP contribution in [0.4, 0.5) is 11.5 Å². The van der Waals surface area contributed by atoms with Crippen molar-refractivity contribution in [2.24, 2.45) is 0 Å². The summed E-state index contributed by atoms with van der Waals surface area (Å²) in [7, 11) is -3.34. The molecule has 2 heterocycles. The first-order valence-corrected chi connectivity index (χ1v) is 13.1. The van der Waals surface area contributed by atoms with Gasteiger partial charge in [-0.1, -0.05) is 30.3 Å². The van der Waals surface area contributed by atoms with E-state index in [1.165, 1.54) is 11.8 Å². The highest BCUT2D eigenvalue weighted by molar-refractivity contribution is 7.88. The van der Waals surface area contributed by atoms with Crippen molar-refractivity contribution in [2.75, 3.05) is 24.3 Å². The Morgan fingerprint density at radius 1 is 1.16 bits per heavy atom. The Hall–Kier alpha value is -2.47. The monoisotopic (exact) mass is 454 g/mol. The third-order valence-corrected chi connectivity index (χ3v) is 7.24. The van der Waals surface area contributed by atoms with Crippen molar-refractivity contribution in [1.29, 1.82) is 0 Å². The molecular weight excluding hydrogens is 424 g/mol. The van der Waals surface area contributed by atoms with E-state index in [-0.39, 0.29) is 18.2 Å². The highest BCUT2D eigenvalue weighted by Crippen LogP contribution is 2.35. The van der Waals surface area contributed by atoms with E-state index in [0.29, 0.717) is 37.0 Å². The Morgan fingerprint density at radius 3 is 2.59 bits per heavy atom. The van der Waals surface area contributed by atoms with Gasteiger partial charge in [-0.05, 0) is 55.7 Å². The van der Waals surface area contributed by atoms with E-state index in [2.05, 4.69) is 49.8 Å². The van der Waals surface area contributed by atoms with E-state index in [1.54, 1.807) is 18.3 Å². The number of hydrogen-bond acceptors (Lipinski definition) is 5. The largest absolute Gasteiger partial charge is 0.376 e. The third-order valence-electron chi connectivity index (χ3n) is 6.51. The van der Waals surface area contributed by atoms with Gasteiger partial charge in [-0.25, -0.2) is 23.0 Å². The molecule has 8 heteroatoms. The lowest BCUT2D eigenvalue weighted by atomic mass is 9.83. The van der Waals surface area contributed by atoms with Crippen LogP contribution in [0, 0.1) is 6.57 Å². The molecule has 1 saturated carbocycles. The summed E-state index contributed by atoms with van der Waals surface area (Å²) in [6, 6.07) is 13.7. The van der Waals surface area contributed by atoms with Crippen LogP contribution >= 0.6 is 0 Å². The number of sulfonamides is 1. The lowest BCUT2D eigenvalue weighted by Gasteiger charge is -2.33. The molecule has 2 aliphatic rings. The fraction of sp³-hybridized carbons (Fsp3) is 0.500. The standard InChI is InChI=1S/C24H30N4O3S/c1-25-20-12-14-26-24(16-20)28-15-13-22(27-32(2,29)30)23(28)17-31-21-10-8-19(9-11-21)18-6-4-3-5-7-18/h3-7,12,14,16,19,21-23,27H,8-11,13,15,17H2,2H3/t19?,21?,22-,23-/m0/s1. The van der Waals surface area contributed by atoms with Crippen molar-refractivity contribution in [3.63, 3.8) is 0 Å². The summed E-state index contributed by atoms with van der Waals surface area (Å²) in [4.78, 5) is 10.0. The number of nitrogens with one attached hydrogen (secondary N) is 1. The average molecular weight is 455 g/mol. The first kappa shape index (κ1) is 22.7. The van der Waals surface area contributed by atoms with Gasteiger partial charge < -0.3 is 9.64 Å². The van der Waals surface area contributed by atoms with Crippen molar-refractivity contribution < 1.29 is 13.2 Å². The van der Waals surface area contributed by atoms with Crippen LogP contribution < -0.4 is 9.62 Å². The molecule has 7 nitrogen and oxygen atoms in total. The molecule has 1 aliphatic heterocycles. The van der Waals surface area contributed by atoms with Gasteiger partial charge in [0.05, 0.1) is 31.6 Å². The Bertz CT molecular complexity index is 1050. The van der Waals surface area contributed by atoms with E-state index in [1.807, 2.05) is 0 Å². The number of anilines is 1. The molecule has 0 bridgehead atoms. The van der Waals surface area contributed by atoms with Gasteiger partial charge in [-0.2, -0.15) is 0 Å². The first-order chi connectivity index (χ1) is 15.4. The molecule has 1 aromatic carbocycles. The summed E-state index contributed by atoms with van der Waals surface area (Å²) in [5.74, 6) is 1.27. The molecule has 1 aliphatic carbocycles. The van der Waals surface area contributed by atoms with Gasteiger partial charge in [-0.15, -0.1) is 0 Å². The van der Waals surface area contributed by atoms with Crippen LogP contribution in [-0.4, -0.2) is 51.0 Å². The average Bonchev–Trinajstić information content (AvgIpc) is 3.19. The minimum Gasteiger partial charge on any atom is -0.376 e. The quantitative estimate of drug-likeness (QED) is 0.643. The van der Waals surface area contributed by atoms with Gasteiger partial charge in [0.1, 0.15) is 5.82 Å². The summed E-state index contributed by atoms with van der Waals surface area (Å²) in [6.07, 6.45) is 7.87. The minimum atomic E-state index is -3.34. The summed E-state index contributed by atoms with van der Waals surface area (Å²) in [5.41, 5.74) is 1.92. The summed E-state index contributed by atoms with van der Waals surface area (Å²) >= 11 is 0. The SMILES string of the molecule is [C-]#[N+]c1ccnc(N2CC[C@H](NS(C)(=O)=O)[C@@H]2COC2CCC(c3ccccc3)CC2)c1. The van der Waals surface area contributed by atoms with Crippen molar-refractivity contribution in [3.05, 3.63) is 65.6 Å². The third kappa shape index (κ3) is 5.66. The Kier molecular flexibility index (Phi) is 7.09. The predicted molar refractivity (Wildman–Crippen MR) is 125 cm³/mol. The van der Waals surface area contributed by atoms with Gasteiger partial charge in [-0.3, -0.25) is 0 Å². The number of aromatic nitrogens is 1. The molecule has 2 atom stereocenters. The lowest BCUT2D eigenvalue weighted by Crippen LogP contribution is -2.48. The second kappa shape index (κ2) is 9.99. The zero-order valence-corrected chi connectivity index (χ0v) is 19.2. The van der Waals surface area contributed by atoms with Crippen LogP contribution in [0.3, 0.4) is 0 Å². The first-order valence-electron chi connectivity index (χ1n) is 11.2. The van der Waals surface area contributed by atoms with Crippen molar-refractivity contribution in [1.82, 2.24) is 9.71 Å². The van der Waals surface area contributed by atoms with E-state index in [9.17, 15) is 8.42 Å². The minimum absolute atomic E-state index is 0.162. The number of benzene rings is 1. The molecule has 0 radical (unpaired) electrons.